The number of hydrogen-bond donors (Lipinski definition) is 0. The van der Waals surface area contributed by atoms with Gasteiger partial charge in [-0.1, -0.05) is 19.9 Å². The Hall–Kier alpha value is -2.68. The fourth-order valence-corrected chi connectivity index (χ4v) is 4.41. The summed E-state index contributed by atoms with van der Waals surface area (Å²) in [6.45, 7) is 7.99. The molecule has 0 aliphatic carbocycles. The van der Waals surface area contributed by atoms with Gasteiger partial charge in [-0.25, -0.2) is 13.6 Å². The fourth-order valence-electron chi connectivity index (χ4n) is 4.41. The van der Waals surface area contributed by atoms with Crippen molar-refractivity contribution in [3.05, 3.63) is 40.6 Å². The molecular weight excluding hydrogens is 430 g/mol. The number of rotatable bonds is 4. The van der Waals surface area contributed by atoms with Gasteiger partial charge in [0.15, 0.2) is 5.82 Å². The molecule has 0 saturated carbocycles. The van der Waals surface area contributed by atoms with Crippen LogP contribution in [0.2, 0.25) is 0 Å². The SMILES string of the molecule is CC.COC(=O)N1CCc2c(c(N(C)c3ccc(C)c(C(F)F)c3)nn2C2CCOCC2)C1. The molecule has 1 fully saturated rings. The highest BCUT2D eigenvalue weighted by molar-refractivity contribution is 5.70. The topological polar surface area (TPSA) is 59.8 Å². The molecule has 1 aromatic carbocycles. The standard InChI is InChI=1S/C22H28F2N4O3.C2H6/c1-14-4-5-16(12-17(14)20(23)24)26(2)21-18-13-27(22(29)30-3)9-6-19(18)28(25-21)15-7-10-31-11-8-15;1-2/h4-5,12,15,20H,6-11,13H2,1-3H3;1-2H3. The van der Waals surface area contributed by atoms with Crippen molar-refractivity contribution in [2.45, 2.75) is 59.0 Å². The normalized spacial score (nSPS) is 16.2. The molecule has 0 radical (unpaired) electrons. The van der Waals surface area contributed by atoms with Crippen molar-refractivity contribution in [3.8, 4) is 0 Å². The summed E-state index contributed by atoms with van der Waals surface area (Å²) in [6, 6.07) is 5.27. The van der Waals surface area contributed by atoms with Gasteiger partial charge in [0.25, 0.3) is 6.43 Å². The summed E-state index contributed by atoms with van der Waals surface area (Å²) >= 11 is 0. The molecule has 2 aliphatic rings. The van der Waals surface area contributed by atoms with Crippen LogP contribution in [0.5, 0.6) is 0 Å². The van der Waals surface area contributed by atoms with Crippen LogP contribution in [0, 0.1) is 6.92 Å². The molecule has 4 rings (SSSR count). The molecule has 2 aromatic rings. The van der Waals surface area contributed by atoms with Gasteiger partial charge in [-0.05, 0) is 37.5 Å². The van der Waals surface area contributed by atoms with E-state index in [9.17, 15) is 13.6 Å². The number of amides is 1. The molecule has 0 N–H and O–H groups in total. The quantitative estimate of drug-likeness (QED) is 0.606. The third-order valence-electron chi connectivity index (χ3n) is 6.24. The summed E-state index contributed by atoms with van der Waals surface area (Å²) in [5.41, 5.74) is 3.23. The van der Waals surface area contributed by atoms with Crippen molar-refractivity contribution in [3.63, 3.8) is 0 Å². The Labute approximate surface area is 194 Å². The lowest BCUT2D eigenvalue weighted by Crippen LogP contribution is -2.37. The van der Waals surface area contributed by atoms with E-state index >= 15 is 0 Å². The number of nitrogens with zero attached hydrogens (tertiary/aromatic N) is 4. The zero-order chi connectivity index (χ0) is 24.1. The molecule has 0 bridgehead atoms. The van der Waals surface area contributed by atoms with E-state index < -0.39 is 6.43 Å². The highest BCUT2D eigenvalue weighted by Crippen LogP contribution is 2.37. The molecule has 0 unspecified atom stereocenters. The van der Waals surface area contributed by atoms with E-state index in [1.807, 2.05) is 31.9 Å². The van der Waals surface area contributed by atoms with E-state index in [0.29, 0.717) is 49.8 Å². The minimum Gasteiger partial charge on any atom is -0.453 e. The van der Waals surface area contributed by atoms with Crippen LogP contribution in [0.4, 0.5) is 25.1 Å². The molecule has 0 atom stereocenters. The van der Waals surface area contributed by atoms with E-state index in [2.05, 4.69) is 4.68 Å². The van der Waals surface area contributed by atoms with Gasteiger partial charge in [-0.15, -0.1) is 0 Å². The van der Waals surface area contributed by atoms with Crippen LogP contribution in [-0.2, 0) is 22.4 Å². The lowest BCUT2D eigenvalue weighted by molar-refractivity contribution is 0.0649. The van der Waals surface area contributed by atoms with Gasteiger partial charge < -0.3 is 19.3 Å². The number of carbonyl (C=O) groups excluding carboxylic acids is 1. The predicted octanol–water partition coefficient (Wildman–Crippen LogP) is 5.40. The molecule has 33 heavy (non-hydrogen) atoms. The highest BCUT2D eigenvalue weighted by Gasteiger charge is 2.32. The molecule has 9 heteroatoms. The minimum atomic E-state index is -2.54. The second-order valence-electron chi connectivity index (χ2n) is 8.08. The van der Waals surface area contributed by atoms with Crippen LogP contribution in [0.3, 0.4) is 0 Å². The van der Waals surface area contributed by atoms with Crippen molar-refractivity contribution in [1.29, 1.82) is 0 Å². The maximum Gasteiger partial charge on any atom is 0.409 e. The third-order valence-corrected chi connectivity index (χ3v) is 6.24. The van der Waals surface area contributed by atoms with Crippen LogP contribution < -0.4 is 4.90 Å². The monoisotopic (exact) mass is 464 g/mol. The number of anilines is 2. The van der Waals surface area contributed by atoms with Crippen molar-refractivity contribution < 1.29 is 23.0 Å². The third kappa shape index (κ3) is 5.13. The summed E-state index contributed by atoms with van der Waals surface area (Å²) in [5.74, 6) is 0.680. The summed E-state index contributed by atoms with van der Waals surface area (Å²) < 4.78 is 39.4. The molecule has 0 spiro atoms. The van der Waals surface area contributed by atoms with Gasteiger partial charge in [0.05, 0.1) is 19.7 Å². The van der Waals surface area contributed by atoms with E-state index in [1.165, 1.54) is 13.2 Å². The molecule has 2 aliphatic heterocycles. The fraction of sp³-hybridized carbons (Fsp3) is 0.583. The Bertz CT molecular complexity index is 957. The Balaban J connectivity index is 0.00000149. The van der Waals surface area contributed by atoms with Crippen LogP contribution in [-0.4, -0.2) is 54.7 Å². The van der Waals surface area contributed by atoms with E-state index in [-0.39, 0.29) is 17.7 Å². The van der Waals surface area contributed by atoms with Gasteiger partial charge in [0, 0.05) is 55.7 Å². The van der Waals surface area contributed by atoms with Crippen LogP contribution in [0.25, 0.3) is 0 Å². The molecule has 1 saturated heterocycles. The first-order chi connectivity index (χ1) is 15.9. The van der Waals surface area contributed by atoms with Crippen molar-refractivity contribution in [2.75, 3.05) is 38.8 Å². The van der Waals surface area contributed by atoms with E-state index in [4.69, 9.17) is 14.6 Å². The smallest absolute Gasteiger partial charge is 0.409 e. The maximum absolute atomic E-state index is 13.5. The molecular formula is C24H34F2N4O3. The summed E-state index contributed by atoms with van der Waals surface area (Å²) in [5, 5.41) is 4.93. The minimum absolute atomic E-state index is 0.0123. The van der Waals surface area contributed by atoms with Gasteiger partial charge in [-0.3, -0.25) is 4.68 Å². The Morgan fingerprint density at radius 2 is 1.97 bits per heavy atom. The Morgan fingerprint density at radius 1 is 1.27 bits per heavy atom. The van der Waals surface area contributed by atoms with Gasteiger partial charge in [-0.2, -0.15) is 5.10 Å². The zero-order valence-corrected chi connectivity index (χ0v) is 20.1. The average Bonchev–Trinajstić information content (AvgIpc) is 3.24. The van der Waals surface area contributed by atoms with Gasteiger partial charge >= 0.3 is 6.09 Å². The van der Waals surface area contributed by atoms with Crippen molar-refractivity contribution >= 4 is 17.6 Å². The molecule has 7 nitrogen and oxygen atoms in total. The van der Waals surface area contributed by atoms with Crippen LogP contribution in [0.1, 0.15) is 61.5 Å². The number of methoxy groups -OCH3 is 1. The molecule has 182 valence electrons. The Kier molecular flexibility index (Phi) is 8.29. The zero-order valence-electron chi connectivity index (χ0n) is 20.1. The van der Waals surface area contributed by atoms with E-state index in [0.717, 1.165) is 24.1 Å². The number of alkyl halides is 2. The lowest BCUT2D eigenvalue weighted by Gasteiger charge is -2.29. The van der Waals surface area contributed by atoms with Crippen molar-refractivity contribution in [2.24, 2.45) is 0 Å². The lowest BCUT2D eigenvalue weighted by atomic mass is 10.0. The number of hydrogen-bond acceptors (Lipinski definition) is 5. The van der Waals surface area contributed by atoms with Crippen LogP contribution in [0.15, 0.2) is 18.2 Å². The first-order valence-corrected chi connectivity index (χ1v) is 11.5. The summed E-state index contributed by atoms with van der Waals surface area (Å²) in [7, 11) is 3.20. The number of ether oxygens (including phenoxy) is 2. The number of carbonyl (C=O) groups is 1. The first kappa shape index (κ1) is 25.0. The summed E-state index contributed by atoms with van der Waals surface area (Å²) in [4.78, 5) is 15.6. The number of fused-ring (bicyclic) bond motifs is 1. The predicted molar refractivity (Wildman–Crippen MR) is 123 cm³/mol. The molecule has 1 amide bonds. The maximum atomic E-state index is 13.5. The molecule has 3 heterocycles. The molecule has 1 aromatic heterocycles. The number of aryl methyl sites for hydroxylation is 1. The number of aromatic nitrogens is 2. The highest BCUT2D eigenvalue weighted by atomic mass is 19.3. The first-order valence-electron chi connectivity index (χ1n) is 11.5. The number of benzene rings is 1. The van der Waals surface area contributed by atoms with Crippen molar-refractivity contribution in [1.82, 2.24) is 14.7 Å². The van der Waals surface area contributed by atoms with Gasteiger partial charge in [0.1, 0.15) is 0 Å². The second-order valence-corrected chi connectivity index (χ2v) is 8.08. The van der Waals surface area contributed by atoms with Gasteiger partial charge in [0.2, 0.25) is 0 Å². The largest absolute Gasteiger partial charge is 0.453 e. The average molecular weight is 465 g/mol. The summed E-state index contributed by atoms with van der Waals surface area (Å²) in [6.07, 6.45) is -0.514. The van der Waals surface area contributed by atoms with Crippen LogP contribution >= 0.6 is 0 Å². The second kappa shape index (κ2) is 11.0. The number of halogens is 2. The van der Waals surface area contributed by atoms with E-state index in [1.54, 1.807) is 17.9 Å². The Morgan fingerprint density at radius 3 is 2.61 bits per heavy atom.